The molecular formula is C16H20O3SSi. The van der Waals surface area contributed by atoms with Crippen molar-refractivity contribution in [2.45, 2.75) is 30.1 Å². The summed E-state index contributed by atoms with van der Waals surface area (Å²) in [5.74, 6) is 0. The van der Waals surface area contributed by atoms with E-state index in [1.165, 1.54) is 17.7 Å². The molecule has 21 heavy (non-hydrogen) atoms. The molecule has 3 nitrogen and oxygen atoms in total. The lowest BCUT2D eigenvalue weighted by Crippen LogP contribution is -2.32. The Labute approximate surface area is 127 Å². The topological polar surface area (TPSA) is 54.4 Å². The van der Waals surface area contributed by atoms with Gasteiger partial charge < -0.3 is 0 Å². The molecule has 0 aliphatic carbocycles. The van der Waals surface area contributed by atoms with E-state index in [1.807, 2.05) is 6.07 Å². The molecule has 0 fully saturated rings. The average Bonchev–Trinajstić information content (AvgIpc) is 2.38. The molecule has 0 saturated heterocycles. The molecule has 0 heterocycles. The van der Waals surface area contributed by atoms with Gasteiger partial charge in [0, 0.05) is 0 Å². The smallest absolute Gasteiger partial charge is 0.282 e. The van der Waals surface area contributed by atoms with Crippen LogP contribution in [0.3, 0.4) is 0 Å². The third-order valence-electron chi connectivity index (χ3n) is 3.43. The molecule has 0 atom stereocenters. The number of hydrogen-bond acceptors (Lipinski definition) is 2. The van der Waals surface area contributed by atoms with Gasteiger partial charge in [-0.15, -0.1) is 0 Å². The van der Waals surface area contributed by atoms with Crippen LogP contribution in [0.5, 0.6) is 0 Å². The summed E-state index contributed by atoms with van der Waals surface area (Å²) in [5, 5.41) is 0. The Kier molecular flexibility index (Phi) is 4.66. The molecule has 0 radical (unpaired) electrons. The lowest BCUT2D eigenvalue weighted by Gasteiger charge is -2.22. The fourth-order valence-corrected chi connectivity index (χ4v) is 5.83. The van der Waals surface area contributed by atoms with Crippen LogP contribution in [-0.2, 0) is 22.2 Å². The van der Waals surface area contributed by atoms with Gasteiger partial charge in [0.15, 0.2) is 0 Å². The van der Waals surface area contributed by atoms with E-state index in [1.54, 1.807) is 12.1 Å². The lowest BCUT2D eigenvalue weighted by molar-refractivity contribution is 0.483. The van der Waals surface area contributed by atoms with Gasteiger partial charge in [-0.2, -0.15) is 8.42 Å². The first-order valence-corrected chi connectivity index (χ1v) is 11.7. The Balaban J connectivity index is 2.10. The molecule has 0 saturated carbocycles. The first-order valence-electron chi connectivity index (χ1n) is 6.87. The van der Waals surface area contributed by atoms with Gasteiger partial charge in [0.05, 0.1) is 13.0 Å². The first kappa shape index (κ1) is 15.9. The maximum Gasteiger partial charge on any atom is 0.294 e. The maximum absolute atomic E-state index is 11.0. The van der Waals surface area contributed by atoms with E-state index in [4.69, 9.17) is 4.55 Å². The third kappa shape index (κ3) is 4.80. The highest BCUT2D eigenvalue weighted by atomic mass is 32.2. The van der Waals surface area contributed by atoms with Gasteiger partial charge >= 0.3 is 0 Å². The highest BCUT2D eigenvalue weighted by Crippen LogP contribution is 2.19. The molecule has 0 aromatic heterocycles. The van der Waals surface area contributed by atoms with Crippen molar-refractivity contribution < 1.29 is 13.0 Å². The number of rotatable bonds is 5. The molecule has 0 spiro atoms. The van der Waals surface area contributed by atoms with Crippen LogP contribution >= 0.6 is 0 Å². The number of hydrogen-bond donors (Lipinski definition) is 1. The predicted molar refractivity (Wildman–Crippen MR) is 87.6 cm³/mol. The van der Waals surface area contributed by atoms with Crippen molar-refractivity contribution in [2.75, 3.05) is 0 Å². The summed E-state index contributed by atoms with van der Waals surface area (Å²) < 4.78 is 31.1. The standard InChI is InChI=1S/C16H20O3SSi/c1-21(2,12-14-6-4-3-5-7-14)13-15-8-10-16(11-9-15)20(17,18)19/h3-11H,12-13H2,1-2H3,(H,17,18,19). The lowest BCUT2D eigenvalue weighted by atomic mass is 10.2. The highest BCUT2D eigenvalue weighted by Gasteiger charge is 2.22. The van der Waals surface area contributed by atoms with Gasteiger partial charge in [0.1, 0.15) is 0 Å². The van der Waals surface area contributed by atoms with Crippen LogP contribution in [-0.4, -0.2) is 21.0 Å². The average molecular weight is 320 g/mol. The van der Waals surface area contributed by atoms with Crippen LogP contribution in [0.25, 0.3) is 0 Å². The summed E-state index contributed by atoms with van der Waals surface area (Å²) in [6.07, 6.45) is 0. The molecule has 1 N–H and O–H groups in total. The molecule has 0 aliphatic heterocycles. The van der Waals surface area contributed by atoms with E-state index in [0.717, 1.165) is 17.7 Å². The summed E-state index contributed by atoms with van der Waals surface area (Å²) in [5.41, 5.74) is 2.47. The van der Waals surface area contributed by atoms with E-state index in [9.17, 15) is 8.42 Å². The Bertz CT molecular complexity index is 692. The van der Waals surface area contributed by atoms with Crippen molar-refractivity contribution in [1.29, 1.82) is 0 Å². The summed E-state index contributed by atoms with van der Waals surface area (Å²) >= 11 is 0. The highest BCUT2D eigenvalue weighted by molar-refractivity contribution is 7.85. The largest absolute Gasteiger partial charge is 0.294 e. The molecule has 0 bridgehead atoms. The summed E-state index contributed by atoms with van der Waals surface area (Å²) in [6, 6.07) is 19.0. The van der Waals surface area contributed by atoms with Crippen molar-refractivity contribution in [1.82, 2.24) is 0 Å². The van der Waals surface area contributed by atoms with Crippen molar-refractivity contribution in [3.05, 3.63) is 65.7 Å². The SMILES string of the molecule is C[Si](C)(Cc1ccccc1)Cc1ccc(S(=O)(=O)O)cc1. The van der Waals surface area contributed by atoms with E-state index in [2.05, 4.69) is 37.4 Å². The van der Waals surface area contributed by atoms with Crippen molar-refractivity contribution in [3.63, 3.8) is 0 Å². The summed E-state index contributed by atoms with van der Waals surface area (Å²) in [7, 11) is -5.56. The Hall–Kier alpha value is -1.43. The molecular weight excluding hydrogens is 300 g/mol. The molecule has 5 heteroatoms. The van der Waals surface area contributed by atoms with E-state index in [0.29, 0.717) is 0 Å². The fraction of sp³-hybridized carbons (Fsp3) is 0.250. The van der Waals surface area contributed by atoms with Gasteiger partial charge in [0.2, 0.25) is 0 Å². The monoisotopic (exact) mass is 320 g/mol. The van der Waals surface area contributed by atoms with Crippen LogP contribution in [0, 0.1) is 0 Å². The second-order valence-electron chi connectivity index (χ2n) is 6.12. The van der Waals surface area contributed by atoms with Gasteiger partial charge in [-0.05, 0) is 24.2 Å². The van der Waals surface area contributed by atoms with E-state index < -0.39 is 18.2 Å². The first-order chi connectivity index (χ1) is 9.76. The zero-order valence-electron chi connectivity index (χ0n) is 12.3. The minimum atomic E-state index is -4.10. The van der Waals surface area contributed by atoms with Crippen molar-refractivity contribution in [3.8, 4) is 0 Å². The normalized spacial score (nSPS) is 12.3. The van der Waals surface area contributed by atoms with Crippen molar-refractivity contribution >= 4 is 18.2 Å². The Morgan fingerprint density at radius 1 is 0.857 bits per heavy atom. The van der Waals surface area contributed by atoms with E-state index in [-0.39, 0.29) is 4.90 Å². The zero-order valence-corrected chi connectivity index (χ0v) is 14.1. The van der Waals surface area contributed by atoms with Gasteiger partial charge in [-0.3, -0.25) is 4.55 Å². The molecule has 0 aliphatic rings. The maximum atomic E-state index is 11.0. The quantitative estimate of drug-likeness (QED) is 0.677. The second kappa shape index (κ2) is 6.13. The minimum absolute atomic E-state index is 0.0474. The van der Waals surface area contributed by atoms with Crippen LogP contribution in [0.2, 0.25) is 13.1 Å². The van der Waals surface area contributed by atoms with Gasteiger partial charge in [-0.1, -0.05) is 66.7 Å². The summed E-state index contributed by atoms with van der Waals surface area (Å²) in [4.78, 5) is -0.0474. The molecule has 0 unspecified atom stereocenters. The van der Waals surface area contributed by atoms with Crippen LogP contribution in [0.4, 0.5) is 0 Å². The van der Waals surface area contributed by atoms with Crippen LogP contribution < -0.4 is 0 Å². The second-order valence-corrected chi connectivity index (χ2v) is 12.6. The van der Waals surface area contributed by atoms with E-state index >= 15 is 0 Å². The van der Waals surface area contributed by atoms with Gasteiger partial charge in [0.25, 0.3) is 10.1 Å². The molecule has 2 aromatic rings. The molecule has 112 valence electrons. The molecule has 0 amide bonds. The predicted octanol–water partition coefficient (Wildman–Crippen LogP) is 3.51. The summed E-state index contributed by atoms with van der Waals surface area (Å²) in [6.45, 7) is 4.66. The van der Waals surface area contributed by atoms with Crippen molar-refractivity contribution in [2.24, 2.45) is 0 Å². The molecule has 2 aromatic carbocycles. The Morgan fingerprint density at radius 3 is 1.81 bits per heavy atom. The zero-order chi connectivity index (χ0) is 15.5. The third-order valence-corrected chi connectivity index (χ3v) is 7.03. The fourth-order valence-electron chi connectivity index (χ4n) is 2.54. The number of benzene rings is 2. The van der Waals surface area contributed by atoms with Crippen LogP contribution in [0.1, 0.15) is 11.1 Å². The van der Waals surface area contributed by atoms with Crippen LogP contribution in [0.15, 0.2) is 59.5 Å². The Morgan fingerprint density at radius 2 is 1.33 bits per heavy atom. The minimum Gasteiger partial charge on any atom is -0.282 e. The van der Waals surface area contributed by atoms with Gasteiger partial charge in [-0.25, -0.2) is 0 Å². The molecule has 2 rings (SSSR count).